The minimum Gasteiger partial charge on any atom is -0.413 e. The number of benzene rings is 1. The number of β-lactam (4-membered cyclic amide) rings is 1. The van der Waals surface area contributed by atoms with E-state index in [1.54, 1.807) is 7.05 Å². The lowest BCUT2D eigenvalue weighted by molar-refractivity contribution is -0.384. The lowest BCUT2D eigenvalue weighted by Crippen LogP contribution is -2.65. The number of non-ortho nitro benzene ring substituents is 1. The van der Waals surface area contributed by atoms with Gasteiger partial charge in [-0.2, -0.15) is 0 Å². The van der Waals surface area contributed by atoms with Crippen molar-refractivity contribution < 1.29 is 33.6 Å². The van der Waals surface area contributed by atoms with Crippen LogP contribution in [0.4, 0.5) is 5.69 Å². The maximum absolute atomic E-state index is 13.5. The molecule has 4 atom stereocenters. The number of nitro benzene ring substituents is 1. The fourth-order valence-corrected chi connectivity index (χ4v) is 8.68. The monoisotopic (exact) mass is 561 g/mol. The number of rotatable bonds is 13. The number of amides is 1. The number of fused-ring (bicyclic) bond motifs is 1. The van der Waals surface area contributed by atoms with Crippen LogP contribution in [-0.2, 0) is 18.8 Å². The number of aliphatic hydroxyl groups excluding tert-OH is 1. The third-order valence-corrected chi connectivity index (χ3v) is 13.0. The molecule has 0 saturated carbocycles. The number of carbonyl (C=O) groups excluding carboxylic acids is 3. The minimum absolute atomic E-state index is 0.0223. The van der Waals surface area contributed by atoms with Gasteiger partial charge < -0.3 is 24.1 Å². The first kappa shape index (κ1) is 30.6. The molecule has 0 bridgehead atoms. The normalized spacial score (nSPS) is 21.6. The Hall–Kier alpha value is -2.93. The second-order valence-corrected chi connectivity index (χ2v) is 15.1. The predicted molar refractivity (Wildman–Crippen MR) is 146 cm³/mol. The van der Waals surface area contributed by atoms with Crippen LogP contribution in [0.15, 0.2) is 35.5 Å². The number of hydrogen-bond acceptors (Lipinski definition) is 9. The molecule has 1 aromatic carbocycles. The van der Waals surface area contributed by atoms with Gasteiger partial charge in [-0.25, -0.2) is 9.59 Å². The second-order valence-electron chi connectivity index (χ2n) is 10.4. The van der Waals surface area contributed by atoms with Gasteiger partial charge >= 0.3 is 11.9 Å². The summed E-state index contributed by atoms with van der Waals surface area (Å²) in [7, 11) is -0.186. The Kier molecular flexibility index (Phi) is 9.81. The Bertz CT molecular complexity index is 1130. The Morgan fingerprint density at radius 2 is 1.74 bits per heavy atom. The summed E-state index contributed by atoms with van der Waals surface area (Å²) in [5.41, 5.74) is 0.486. The van der Waals surface area contributed by atoms with Gasteiger partial charge in [-0.15, -0.1) is 0 Å². The molecule has 0 spiro atoms. The zero-order chi connectivity index (χ0) is 29.1. The van der Waals surface area contributed by atoms with E-state index >= 15 is 0 Å². The molecule has 0 aromatic heterocycles. The fourth-order valence-electron chi connectivity index (χ4n) is 5.75. The maximum atomic E-state index is 13.5. The Morgan fingerprint density at radius 1 is 1.15 bits per heavy atom. The van der Waals surface area contributed by atoms with Crippen LogP contribution in [0.2, 0.25) is 18.1 Å². The molecule has 1 fully saturated rings. The third kappa shape index (κ3) is 5.98. The van der Waals surface area contributed by atoms with Gasteiger partial charge in [-0.1, -0.05) is 27.7 Å². The van der Waals surface area contributed by atoms with E-state index in [4.69, 9.17) is 9.16 Å². The molecule has 214 valence electrons. The molecule has 2 heterocycles. The fraction of sp³-hybridized carbons (Fsp3) is 0.593. The smallest absolute Gasteiger partial charge is 0.362 e. The molecule has 12 heteroatoms. The van der Waals surface area contributed by atoms with Crippen LogP contribution in [0, 0.1) is 22.0 Å². The van der Waals surface area contributed by atoms with Gasteiger partial charge in [0.15, 0.2) is 8.32 Å². The Morgan fingerprint density at radius 3 is 2.26 bits per heavy atom. The number of ether oxygens (including phenoxy) is 1. The van der Waals surface area contributed by atoms with Crippen molar-refractivity contribution in [2.24, 2.45) is 11.8 Å². The first-order valence-corrected chi connectivity index (χ1v) is 16.0. The van der Waals surface area contributed by atoms with E-state index in [1.807, 2.05) is 18.7 Å². The van der Waals surface area contributed by atoms with Crippen molar-refractivity contribution in [2.45, 2.75) is 64.9 Å². The van der Waals surface area contributed by atoms with Gasteiger partial charge in [0.05, 0.1) is 35.2 Å². The van der Waals surface area contributed by atoms with Crippen LogP contribution in [0.25, 0.3) is 0 Å². The quantitative estimate of drug-likeness (QED) is 0.0959. The van der Waals surface area contributed by atoms with E-state index in [-0.39, 0.29) is 47.5 Å². The second kappa shape index (κ2) is 12.5. The summed E-state index contributed by atoms with van der Waals surface area (Å²) in [5.74, 6) is -2.77. The standard InChI is InChI=1S/C27H39N3O8Si/c1-7-39(8-2,9-3)38-18(5)22-23-17(4)21(16-28(6)14-15-31)24(29(23)25(22)32)27(34)37-26(33)19-10-12-20(13-11-19)30(35)36/h10-13,17-18,22-23,31H,7-9,14-16H2,1-6H3/t17-,18+,22+,23+/m0/s1. The summed E-state index contributed by atoms with van der Waals surface area (Å²) in [4.78, 5) is 53.2. The molecule has 0 unspecified atom stereocenters. The van der Waals surface area contributed by atoms with Crippen LogP contribution in [-0.4, -0.2) is 84.9 Å². The zero-order valence-corrected chi connectivity index (χ0v) is 24.5. The summed E-state index contributed by atoms with van der Waals surface area (Å²) in [6.45, 7) is 10.9. The SMILES string of the molecule is CC[Si](CC)(CC)O[C@H](C)[C@H]1C(=O)N2C(C(=O)OC(=O)c3ccc([N+](=O)[O-])cc3)=C(CN(C)CCO)[C@H](C)[C@H]12. The molecular weight excluding hydrogens is 522 g/mol. The van der Waals surface area contributed by atoms with Crippen molar-refractivity contribution >= 4 is 31.9 Å². The van der Waals surface area contributed by atoms with Crippen LogP contribution < -0.4 is 0 Å². The highest BCUT2D eigenvalue weighted by Gasteiger charge is 2.61. The van der Waals surface area contributed by atoms with Gasteiger partial charge in [0.2, 0.25) is 5.91 Å². The highest BCUT2D eigenvalue weighted by atomic mass is 28.4. The number of aliphatic hydroxyl groups is 1. The van der Waals surface area contributed by atoms with E-state index in [0.29, 0.717) is 18.7 Å². The summed E-state index contributed by atoms with van der Waals surface area (Å²) < 4.78 is 11.8. The van der Waals surface area contributed by atoms with Crippen molar-refractivity contribution in [1.29, 1.82) is 0 Å². The Balaban J connectivity index is 1.88. The first-order valence-electron chi connectivity index (χ1n) is 13.5. The van der Waals surface area contributed by atoms with Crippen LogP contribution >= 0.6 is 0 Å². The molecule has 3 rings (SSSR count). The molecular formula is C27H39N3O8Si. The van der Waals surface area contributed by atoms with Crippen molar-refractivity contribution in [3.8, 4) is 0 Å². The Labute approximate surface area is 230 Å². The third-order valence-electron chi connectivity index (χ3n) is 8.28. The van der Waals surface area contributed by atoms with Crippen molar-refractivity contribution in [2.75, 3.05) is 26.7 Å². The molecule has 0 aliphatic carbocycles. The number of nitrogens with zero attached hydrogens (tertiary/aromatic N) is 3. The predicted octanol–water partition coefficient (Wildman–Crippen LogP) is 3.34. The number of hydrogen-bond donors (Lipinski definition) is 1. The lowest BCUT2D eigenvalue weighted by Gasteiger charge is -2.49. The van der Waals surface area contributed by atoms with E-state index < -0.39 is 31.1 Å². The molecule has 2 aliphatic heterocycles. The molecule has 39 heavy (non-hydrogen) atoms. The molecule has 11 nitrogen and oxygen atoms in total. The summed E-state index contributed by atoms with van der Waals surface area (Å²) in [6.07, 6.45) is -0.318. The van der Waals surface area contributed by atoms with Crippen LogP contribution in [0.3, 0.4) is 0 Å². The lowest BCUT2D eigenvalue weighted by atomic mass is 9.77. The number of nitro groups is 1. The van der Waals surface area contributed by atoms with Crippen molar-refractivity contribution in [1.82, 2.24) is 9.80 Å². The minimum atomic E-state index is -1.98. The summed E-state index contributed by atoms with van der Waals surface area (Å²) >= 11 is 0. The first-order chi connectivity index (χ1) is 18.4. The zero-order valence-electron chi connectivity index (χ0n) is 23.5. The molecule has 1 amide bonds. The number of likely N-dealkylation sites (N-methyl/N-ethyl adjacent to an activating group) is 1. The average molecular weight is 562 g/mol. The number of carbonyl (C=O) groups is 3. The maximum Gasteiger partial charge on any atom is 0.362 e. The topological polar surface area (TPSA) is 140 Å². The highest BCUT2D eigenvalue weighted by Crippen LogP contribution is 2.48. The van der Waals surface area contributed by atoms with Gasteiger partial charge in [0.25, 0.3) is 5.69 Å². The van der Waals surface area contributed by atoms with Crippen molar-refractivity contribution in [3.63, 3.8) is 0 Å². The van der Waals surface area contributed by atoms with E-state index in [9.17, 15) is 29.6 Å². The van der Waals surface area contributed by atoms with E-state index in [0.717, 1.165) is 30.3 Å². The van der Waals surface area contributed by atoms with Crippen LogP contribution in [0.5, 0.6) is 0 Å². The molecule has 0 radical (unpaired) electrons. The van der Waals surface area contributed by atoms with Gasteiger partial charge in [-0.3, -0.25) is 14.9 Å². The van der Waals surface area contributed by atoms with E-state index in [2.05, 4.69) is 20.8 Å². The molecule has 1 saturated heterocycles. The van der Waals surface area contributed by atoms with Crippen molar-refractivity contribution in [3.05, 3.63) is 51.2 Å². The highest BCUT2D eigenvalue weighted by molar-refractivity contribution is 6.73. The van der Waals surface area contributed by atoms with Gasteiger partial charge in [-0.05, 0) is 49.8 Å². The van der Waals surface area contributed by atoms with Gasteiger partial charge in [0, 0.05) is 31.1 Å². The summed E-state index contributed by atoms with van der Waals surface area (Å²) in [6, 6.07) is 7.29. The van der Waals surface area contributed by atoms with E-state index in [1.165, 1.54) is 17.0 Å². The average Bonchev–Trinajstić information content (AvgIpc) is 3.15. The largest absolute Gasteiger partial charge is 0.413 e. The molecule has 2 aliphatic rings. The van der Waals surface area contributed by atoms with Gasteiger partial charge in [0.1, 0.15) is 5.70 Å². The molecule has 1 N–H and O–H groups in total. The van der Waals surface area contributed by atoms with Crippen LogP contribution in [0.1, 0.15) is 45.0 Å². The summed E-state index contributed by atoms with van der Waals surface area (Å²) in [5, 5.41) is 20.3. The molecule has 1 aromatic rings. The number of esters is 2.